The van der Waals surface area contributed by atoms with Crippen LogP contribution in [0, 0.1) is 17.6 Å². The number of nitrogens with one attached hydrogen (secondary N) is 1. The fourth-order valence-corrected chi connectivity index (χ4v) is 2.44. The Morgan fingerprint density at radius 2 is 1.72 bits per heavy atom. The molecule has 1 atom stereocenters. The number of rotatable bonds is 6. The summed E-state index contributed by atoms with van der Waals surface area (Å²) in [6, 6.07) is 2.10. The lowest BCUT2D eigenvalue weighted by atomic mass is 9.88. The molecule has 0 aliphatic rings. The van der Waals surface area contributed by atoms with Gasteiger partial charge in [0, 0.05) is 11.6 Å². The molecule has 1 rings (SSSR count). The first-order valence-electron chi connectivity index (χ1n) is 6.42. The van der Waals surface area contributed by atoms with Crippen molar-refractivity contribution in [2.75, 3.05) is 6.54 Å². The van der Waals surface area contributed by atoms with E-state index in [9.17, 15) is 8.78 Å². The summed E-state index contributed by atoms with van der Waals surface area (Å²) in [4.78, 5) is 0. The second-order valence-corrected chi connectivity index (χ2v) is 4.81. The van der Waals surface area contributed by atoms with Crippen molar-refractivity contribution in [3.8, 4) is 0 Å². The van der Waals surface area contributed by atoms with Crippen LogP contribution in [0.15, 0.2) is 12.1 Å². The van der Waals surface area contributed by atoms with E-state index in [1.54, 1.807) is 0 Å². The molecule has 1 N–H and O–H groups in total. The van der Waals surface area contributed by atoms with E-state index in [2.05, 4.69) is 19.2 Å². The van der Waals surface area contributed by atoms with E-state index < -0.39 is 11.6 Å². The third-order valence-electron chi connectivity index (χ3n) is 3.32. The zero-order chi connectivity index (χ0) is 13.7. The highest BCUT2D eigenvalue weighted by atomic mass is 35.5. The van der Waals surface area contributed by atoms with Crippen molar-refractivity contribution in [1.82, 2.24) is 5.32 Å². The molecule has 0 spiro atoms. The van der Waals surface area contributed by atoms with Crippen molar-refractivity contribution in [2.45, 2.75) is 39.7 Å². The number of hydrogen-bond acceptors (Lipinski definition) is 1. The monoisotopic (exact) mass is 275 g/mol. The summed E-state index contributed by atoms with van der Waals surface area (Å²) in [5.41, 5.74) is 0.368. The molecule has 0 aromatic heterocycles. The zero-order valence-electron chi connectivity index (χ0n) is 11.1. The largest absolute Gasteiger partial charge is 0.310 e. The predicted molar refractivity (Wildman–Crippen MR) is 71.9 cm³/mol. The summed E-state index contributed by atoms with van der Waals surface area (Å²) in [6.07, 6.45) is 1.83. The molecule has 0 heterocycles. The SMILES string of the molecule is CCNC(c1cc(F)c(Cl)cc1F)C(CC)CC. The lowest BCUT2D eigenvalue weighted by Crippen LogP contribution is -2.28. The molecule has 18 heavy (non-hydrogen) atoms. The smallest absolute Gasteiger partial charge is 0.142 e. The summed E-state index contributed by atoms with van der Waals surface area (Å²) >= 11 is 5.58. The molecule has 1 unspecified atom stereocenters. The third kappa shape index (κ3) is 3.42. The van der Waals surface area contributed by atoms with Crippen molar-refractivity contribution < 1.29 is 8.78 Å². The summed E-state index contributed by atoms with van der Waals surface area (Å²) in [5, 5.41) is 3.07. The van der Waals surface area contributed by atoms with Gasteiger partial charge in [0.2, 0.25) is 0 Å². The van der Waals surface area contributed by atoms with Crippen molar-refractivity contribution in [3.63, 3.8) is 0 Å². The number of halogens is 3. The highest BCUT2D eigenvalue weighted by molar-refractivity contribution is 6.30. The van der Waals surface area contributed by atoms with E-state index in [1.807, 2.05) is 6.92 Å². The molecule has 0 aliphatic carbocycles. The van der Waals surface area contributed by atoms with Crippen LogP contribution in [-0.2, 0) is 0 Å². The number of benzene rings is 1. The minimum Gasteiger partial charge on any atom is -0.310 e. The Hall–Kier alpha value is -0.670. The lowest BCUT2D eigenvalue weighted by Gasteiger charge is -2.27. The van der Waals surface area contributed by atoms with E-state index in [1.165, 1.54) is 6.07 Å². The molecule has 0 fully saturated rings. The molecule has 0 amide bonds. The van der Waals surface area contributed by atoms with Crippen molar-refractivity contribution in [3.05, 3.63) is 34.4 Å². The first kappa shape index (κ1) is 15.4. The second-order valence-electron chi connectivity index (χ2n) is 4.40. The van der Waals surface area contributed by atoms with E-state index in [0.29, 0.717) is 12.1 Å². The molecule has 1 nitrogen and oxygen atoms in total. The normalized spacial score (nSPS) is 13.1. The molecule has 0 saturated heterocycles. The van der Waals surface area contributed by atoms with Gasteiger partial charge in [0.1, 0.15) is 11.6 Å². The van der Waals surface area contributed by atoms with Gasteiger partial charge in [-0.25, -0.2) is 8.78 Å². The molecule has 4 heteroatoms. The Morgan fingerprint density at radius 3 is 2.22 bits per heavy atom. The van der Waals surface area contributed by atoms with Gasteiger partial charge in [-0.15, -0.1) is 0 Å². The first-order valence-corrected chi connectivity index (χ1v) is 6.80. The Bertz CT molecular complexity index is 392. The summed E-state index contributed by atoms with van der Waals surface area (Å²) < 4.78 is 27.5. The Morgan fingerprint density at radius 1 is 1.11 bits per heavy atom. The van der Waals surface area contributed by atoms with Crippen LogP contribution in [0.4, 0.5) is 8.78 Å². The second kappa shape index (κ2) is 7.05. The lowest BCUT2D eigenvalue weighted by molar-refractivity contribution is 0.336. The van der Waals surface area contributed by atoms with Crippen molar-refractivity contribution in [2.24, 2.45) is 5.92 Å². The summed E-state index contributed by atoms with van der Waals surface area (Å²) in [5.74, 6) is -0.735. The topological polar surface area (TPSA) is 12.0 Å². The van der Waals surface area contributed by atoms with Crippen LogP contribution in [0.2, 0.25) is 5.02 Å². The molecule has 0 saturated carbocycles. The molecule has 1 aromatic carbocycles. The van der Waals surface area contributed by atoms with Crippen LogP contribution in [0.5, 0.6) is 0 Å². The van der Waals surface area contributed by atoms with Crippen LogP contribution < -0.4 is 5.32 Å². The average molecular weight is 276 g/mol. The van der Waals surface area contributed by atoms with Crippen LogP contribution in [0.1, 0.15) is 45.2 Å². The van der Waals surface area contributed by atoms with E-state index in [0.717, 1.165) is 18.9 Å². The maximum atomic E-state index is 13.9. The third-order valence-corrected chi connectivity index (χ3v) is 3.61. The Balaban J connectivity index is 3.16. The van der Waals surface area contributed by atoms with Crippen molar-refractivity contribution in [1.29, 1.82) is 0 Å². The maximum Gasteiger partial charge on any atom is 0.142 e. The van der Waals surface area contributed by atoms with Crippen LogP contribution in [0.25, 0.3) is 0 Å². The van der Waals surface area contributed by atoms with Gasteiger partial charge in [0.15, 0.2) is 0 Å². The number of hydrogen-bond donors (Lipinski definition) is 1. The molecular formula is C14H20ClF2N. The maximum absolute atomic E-state index is 13.9. The van der Waals surface area contributed by atoms with Gasteiger partial charge in [-0.3, -0.25) is 0 Å². The van der Waals surface area contributed by atoms with Gasteiger partial charge in [0.05, 0.1) is 5.02 Å². The minimum absolute atomic E-state index is 0.170. The first-order chi connectivity index (χ1) is 8.54. The van der Waals surface area contributed by atoms with Crippen molar-refractivity contribution >= 4 is 11.6 Å². The fraction of sp³-hybridized carbons (Fsp3) is 0.571. The average Bonchev–Trinajstić information content (AvgIpc) is 2.34. The van der Waals surface area contributed by atoms with Crippen LogP contribution in [-0.4, -0.2) is 6.54 Å². The van der Waals surface area contributed by atoms with E-state index in [-0.39, 0.29) is 17.0 Å². The molecule has 0 aliphatic heterocycles. The summed E-state index contributed by atoms with van der Waals surface area (Å²) in [6.45, 7) is 6.79. The fourth-order valence-electron chi connectivity index (χ4n) is 2.29. The quantitative estimate of drug-likeness (QED) is 0.742. The van der Waals surface area contributed by atoms with E-state index in [4.69, 9.17) is 11.6 Å². The minimum atomic E-state index is -0.568. The van der Waals surface area contributed by atoms with Gasteiger partial charge in [-0.2, -0.15) is 0 Å². The van der Waals surface area contributed by atoms with Gasteiger partial charge in [-0.05, 0) is 24.6 Å². The predicted octanol–water partition coefficient (Wildman–Crippen LogP) is 4.71. The Labute approximate surface area is 113 Å². The molecule has 0 bridgehead atoms. The molecule has 0 radical (unpaired) electrons. The van der Waals surface area contributed by atoms with Gasteiger partial charge in [0.25, 0.3) is 0 Å². The molecular weight excluding hydrogens is 256 g/mol. The van der Waals surface area contributed by atoms with Gasteiger partial charge < -0.3 is 5.32 Å². The Kier molecular flexibility index (Phi) is 6.03. The van der Waals surface area contributed by atoms with Gasteiger partial charge in [-0.1, -0.05) is 45.2 Å². The zero-order valence-corrected chi connectivity index (χ0v) is 11.8. The van der Waals surface area contributed by atoms with Gasteiger partial charge >= 0.3 is 0 Å². The molecule has 1 aromatic rings. The van der Waals surface area contributed by atoms with Crippen LogP contribution >= 0.6 is 11.6 Å². The summed E-state index contributed by atoms with van der Waals surface area (Å²) in [7, 11) is 0. The standard InChI is InChI=1S/C14H20ClF2N/c1-4-9(5-2)14(18-6-3)10-7-13(17)11(15)8-12(10)16/h7-9,14,18H,4-6H2,1-3H3. The highest BCUT2D eigenvalue weighted by Crippen LogP contribution is 2.31. The molecule has 102 valence electrons. The highest BCUT2D eigenvalue weighted by Gasteiger charge is 2.23. The van der Waals surface area contributed by atoms with E-state index >= 15 is 0 Å². The van der Waals surface area contributed by atoms with Crippen LogP contribution in [0.3, 0.4) is 0 Å².